The van der Waals surface area contributed by atoms with Crippen LogP contribution >= 0.6 is 11.3 Å². The van der Waals surface area contributed by atoms with E-state index in [0.717, 1.165) is 32.1 Å². The van der Waals surface area contributed by atoms with Crippen LogP contribution in [0.1, 0.15) is 10.4 Å². The van der Waals surface area contributed by atoms with Gasteiger partial charge in [0.25, 0.3) is 5.56 Å². The number of rotatable bonds is 3. The lowest BCUT2D eigenvalue weighted by molar-refractivity contribution is 0.174. The van der Waals surface area contributed by atoms with Crippen LogP contribution < -0.4 is 15.0 Å². The molecule has 3 heterocycles. The number of benzene rings is 2. The number of hydrogen-bond acceptors (Lipinski definition) is 5. The first kappa shape index (κ1) is 16.1. The highest BCUT2D eigenvalue weighted by Crippen LogP contribution is 2.35. The predicted octanol–water partition coefficient (Wildman–Crippen LogP) is 4.21. The molecule has 134 valence electrons. The molecule has 0 saturated carbocycles. The third kappa shape index (κ3) is 2.69. The smallest absolute Gasteiger partial charge is 0.263 e. The Balaban J connectivity index is 1.62. The summed E-state index contributed by atoms with van der Waals surface area (Å²) in [7, 11) is 0. The van der Waals surface area contributed by atoms with E-state index in [-0.39, 0.29) is 12.4 Å². The first-order valence-electron chi connectivity index (χ1n) is 8.63. The van der Waals surface area contributed by atoms with E-state index in [2.05, 4.69) is 4.98 Å². The Labute approximate surface area is 159 Å². The van der Waals surface area contributed by atoms with Crippen LogP contribution in [0.3, 0.4) is 0 Å². The van der Waals surface area contributed by atoms with Crippen molar-refractivity contribution in [3.05, 3.63) is 75.7 Å². The topological polar surface area (TPSA) is 53.4 Å². The van der Waals surface area contributed by atoms with Crippen molar-refractivity contribution in [2.75, 3.05) is 6.79 Å². The molecule has 27 heavy (non-hydrogen) atoms. The molecule has 2 aromatic heterocycles. The predicted molar refractivity (Wildman–Crippen MR) is 106 cm³/mol. The van der Waals surface area contributed by atoms with E-state index in [1.54, 1.807) is 22.2 Å². The molecule has 6 heteroatoms. The number of ether oxygens (including phenoxy) is 2. The molecule has 0 unspecified atom stereocenters. The summed E-state index contributed by atoms with van der Waals surface area (Å²) in [5.41, 5.74) is 2.96. The number of thiophene rings is 1. The molecule has 4 aromatic rings. The minimum atomic E-state index is -0.0270. The first-order chi connectivity index (χ1) is 13.2. The third-order valence-electron chi connectivity index (χ3n) is 4.71. The monoisotopic (exact) mass is 376 g/mol. The SMILES string of the molecule is Cc1sc2ncn(Cc3ccc4c(c3)OCO4)c(=O)c2c1-c1ccccc1. The summed E-state index contributed by atoms with van der Waals surface area (Å²) in [6.07, 6.45) is 1.62. The number of aromatic nitrogens is 2. The van der Waals surface area contributed by atoms with E-state index in [1.807, 2.05) is 55.5 Å². The van der Waals surface area contributed by atoms with Gasteiger partial charge in [-0.1, -0.05) is 36.4 Å². The second kappa shape index (κ2) is 6.25. The first-order valence-corrected chi connectivity index (χ1v) is 9.45. The van der Waals surface area contributed by atoms with Crippen LogP contribution in [0.15, 0.2) is 59.7 Å². The molecule has 0 atom stereocenters. The summed E-state index contributed by atoms with van der Waals surface area (Å²) in [6.45, 7) is 2.71. The Morgan fingerprint density at radius 3 is 2.78 bits per heavy atom. The van der Waals surface area contributed by atoms with Crippen molar-refractivity contribution in [3.8, 4) is 22.6 Å². The molecular weight excluding hydrogens is 360 g/mol. The van der Waals surface area contributed by atoms with Gasteiger partial charge in [-0.25, -0.2) is 4.98 Å². The van der Waals surface area contributed by atoms with Crippen LogP contribution in [0.5, 0.6) is 11.5 Å². The number of hydrogen-bond donors (Lipinski definition) is 0. The average Bonchev–Trinajstić information content (AvgIpc) is 3.28. The highest BCUT2D eigenvalue weighted by molar-refractivity contribution is 7.19. The molecule has 0 spiro atoms. The van der Waals surface area contributed by atoms with Gasteiger partial charge in [-0.2, -0.15) is 0 Å². The lowest BCUT2D eigenvalue weighted by Gasteiger charge is -2.07. The van der Waals surface area contributed by atoms with Crippen LogP contribution in [-0.2, 0) is 6.54 Å². The Morgan fingerprint density at radius 2 is 1.93 bits per heavy atom. The minimum absolute atomic E-state index is 0.0270. The molecule has 5 nitrogen and oxygen atoms in total. The molecule has 0 aliphatic carbocycles. The molecule has 0 N–H and O–H groups in total. The van der Waals surface area contributed by atoms with E-state index in [4.69, 9.17) is 9.47 Å². The summed E-state index contributed by atoms with van der Waals surface area (Å²) < 4.78 is 12.4. The zero-order valence-electron chi connectivity index (χ0n) is 14.6. The molecular formula is C21H16N2O3S. The van der Waals surface area contributed by atoms with Crippen molar-refractivity contribution >= 4 is 21.6 Å². The second-order valence-electron chi connectivity index (χ2n) is 6.44. The highest BCUT2D eigenvalue weighted by atomic mass is 32.1. The van der Waals surface area contributed by atoms with Gasteiger partial charge in [0, 0.05) is 10.4 Å². The van der Waals surface area contributed by atoms with Gasteiger partial charge < -0.3 is 9.47 Å². The molecule has 0 saturated heterocycles. The zero-order valence-corrected chi connectivity index (χ0v) is 15.5. The average molecular weight is 376 g/mol. The van der Waals surface area contributed by atoms with Gasteiger partial charge in [0.2, 0.25) is 6.79 Å². The van der Waals surface area contributed by atoms with Crippen molar-refractivity contribution in [2.24, 2.45) is 0 Å². The largest absolute Gasteiger partial charge is 0.454 e. The molecule has 2 aromatic carbocycles. The maximum atomic E-state index is 13.2. The van der Waals surface area contributed by atoms with Gasteiger partial charge in [0.05, 0.1) is 18.3 Å². The van der Waals surface area contributed by atoms with Crippen molar-refractivity contribution in [1.82, 2.24) is 9.55 Å². The molecule has 1 aliphatic rings. The fourth-order valence-corrected chi connectivity index (χ4v) is 4.44. The van der Waals surface area contributed by atoms with Crippen molar-refractivity contribution in [1.29, 1.82) is 0 Å². The van der Waals surface area contributed by atoms with Crippen molar-refractivity contribution in [2.45, 2.75) is 13.5 Å². The Hall–Kier alpha value is -3.12. The molecule has 5 rings (SSSR count). The Kier molecular flexibility index (Phi) is 3.72. The zero-order chi connectivity index (χ0) is 18.4. The van der Waals surface area contributed by atoms with Crippen LogP contribution in [0.2, 0.25) is 0 Å². The standard InChI is InChI=1S/C21H16N2O3S/c1-13-18(15-5-3-2-4-6-15)19-20(27-13)22-11-23(21(19)24)10-14-7-8-16-17(9-14)26-12-25-16/h2-9,11H,10,12H2,1H3. The lowest BCUT2D eigenvalue weighted by atomic mass is 10.0. The summed E-state index contributed by atoms with van der Waals surface area (Å²) in [6, 6.07) is 15.7. The summed E-state index contributed by atoms with van der Waals surface area (Å²) in [5, 5.41) is 0.687. The van der Waals surface area contributed by atoms with Gasteiger partial charge in [0.15, 0.2) is 11.5 Å². The Bertz CT molecular complexity index is 1210. The van der Waals surface area contributed by atoms with Gasteiger partial charge in [-0.05, 0) is 30.2 Å². The van der Waals surface area contributed by atoms with Crippen molar-refractivity contribution < 1.29 is 9.47 Å². The summed E-state index contributed by atoms with van der Waals surface area (Å²) in [5.74, 6) is 1.45. The van der Waals surface area contributed by atoms with Gasteiger partial charge in [-0.3, -0.25) is 9.36 Å². The Morgan fingerprint density at radius 1 is 1.11 bits per heavy atom. The molecule has 0 bridgehead atoms. The van der Waals surface area contributed by atoms with E-state index >= 15 is 0 Å². The fourth-order valence-electron chi connectivity index (χ4n) is 3.44. The number of nitrogens with zero attached hydrogens (tertiary/aromatic N) is 2. The van der Waals surface area contributed by atoms with Crippen LogP contribution in [0, 0.1) is 6.92 Å². The molecule has 1 aliphatic heterocycles. The number of fused-ring (bicyclic) bond motifs is 2. The van der Waals surface area contributed by atoms with E-state index in [0.29, 0.717) is 17.7 Å². The maximum Gasteiger partial charge on any atom is 0.263 e. The quantitative estimate of drug-likeness (QED) is 0.537. The highest BCUT2D eigenvalue weighted by Gasteiger charge is 2.18. The van der Waals surface area contributed by atoms with E-state index < -0.39 is 0 Å². The van der Waals surface area contributed by atoms with Crippen LogP contribution in [-0.4, -0.2) is 16.3 Å². The second-order valence-corrected chi connectivity index (χ2v) is 7.65. The minimum Gasteiger partial charge on any atom is -0.454 e. The number of aryl methyl sites for hydroxylation is 1. The molecule has 0 fully saturated rings. The van der Waals surface area contributed by atoms with Gasteiger partial charge in [0.1, 0.15) is 4.83 Å². The third-order valence-corrected chi connectivity index (χ3v) is 5.72. The lowest BCUT2D eigenvalue weighted by Crippen LogP contribution is -2.21. The van der Waals surface area contributed by atoms with E-state index in [9.17, 15) is 4.79 Å². The van der Waals surface area contributed by atoms with E-state index in [1.165, 1.54) is 0 Å². The van der Waals surface area contributed by atoms with Crippen LogP contribution in [0.25, 0.3) is 21.3 Å². The normalized spacial score (nSPS) is 12.6. The maximum absolute atomic E-state index is 13.2. The van der Waals surface area contributed by atoms with Gasteiger partial charge >= 0.3 is 0 Å². The molecule has 0 radical (unpaired) electrons. The van der Waals surface area contributed by atoms with Crippen LogP contribution in [0.4, 0.5) is 0 Å². The summed E-state index contributed by atoms with van der Waals surface area (Å²) >= 11 is 1.56. The molecule has 0 amide bonds. The van der Waals surface area contributed by atoms with Crippen molar-refractivity contribution in [3.63, 3.8) is 0 Å². The summed E-state index contributed by atoms with van der Waals surface area (Å²) in [4.78, 5) is 19.7. The van der Waals surface area contributed by atoms with Gasteiger partial charge in [-0.15, -0.1) is 11.3 Å². The fraction of sp³-hybridized carbons (Fsp3) is 0.143.